The highest BCUT2D eigenvalue weighted by Crippen LogP contribution is 2.33. The van der Waals surface area contributed by atoms with Crippen LogP contribution in [0.3, 0.4) is 0 Å². The Bertz CT molecular complexity index is 931. The molecule has 2 aliphatic rings. The van der Waals surface area contributed by atoms with E-state index in [0.29, 0.717) is 62.5 Å². The lowest BCUT2D eigenvalue weighted by Crippen LogP contribution is -2.44. The second-order valence-corrected chi connectivity index (χ2v) is 9.10. The summed E-state index contributed by atoms with van der Waals surface area (Å²) in [6.45, 7) is 6.00. The SMILES string of the molecule is COCc1ccc(C(=O)N(Cc2ccc(OC)c(OCC3(C)COC3)c2)C[C@@H]2CCCO2)o1. The Hall–Kier alpha value is -2.55. The number of furan rings is 1. The van der Waals surface area contributed by atoms with Gasteiger partial charge < -0.3 is 33.0 Å². The molecule has 0 bridgehead atoms. The maximum atomic E-state index is 13.3. The number of hydrogen-bond acceptors (Lipinski definition) is 7. The summed E-state index contributed by atoms with van der Waals surface area (Å²) in [5, 5.41) is 0. The van der Waals surface area contributed by atoms with E-state index in [1.165, 1.54) is 0 Å². The van der Waals surface area contributed by atoms with E-state index >= 15 is 0 Å². The molecule has 8 nitrogen and oxygen atoms in total. The highest BCUT2D eigenvalue weighted by molar-refractivity contribution is 5.91. The van der Waals surface area contributed by atoms with E-state index in [2.05, 4.69) is 6.92 Å². The van der Waals surface area contributed by atoms with E-state index in [9.17, 15) is 4.79 Å². The molecule has 33 heavy (non-hydrogen) atoms. The number of rotatable bonds is 11. The quantitative estimate of drug-likeness (QED) is 0.507. The van der Waals surface area contributed by atoms with E-state index < -0.39 is 0 Å². The molecule has 3 heterocycles. The van der Waals surface area contributed by atoms with E-state index in [4.69, 9.17) is 28.1 Å². The lowest BCUT2D eigenvalue weighted by Gasteiger charge is -2.37. The lowest BCUT2D eigenvalue weighted by molar-refractivity contribution is -0.120. The largest absolute Gasteiger partial charge is 0.493 e. The van der Waals surface area contributed by atoms with Gasteiger partial charge in [0.1, 0.15) is 12.4 Å². The van der Waals surface area contributed by atoms with Gasteiger partial charge >= 0.3 is 0 Å². The minimum atomic E-state index is -0.176. The third kappa shape index (κ3) is 5.88. The second-order valence-electron chi connectivity index (χ2n) is 9.10. The van der Waals surface area contributed by atoms with E-state index in [0.717, 1.165) is 25.0 Å². The topological polar surface area (TPSA) is 79.6 Å². The number of nitrogens with zero attached hydrogens (tertiary/aromatic N) is 1. The molecule has 0 unspecified atom stereocenters. The number of carbonyl (C=O) groups is 1. The van der Waals surface area contributed by atoms with Crippen molar-refractivity contribution in [3.63, 3.8) is 0 Å². The zero-order valence-electron chi connectivity index (χ0n) is 19.6. The van der Waals surface area contributed by atoms with Crippen molar-refractivity contribution in [2.75, 3.05) is 47.2 Å². The summed E-state index contributed by atoms with van der Waals surface area (Å²) in [5.74, 6) is 2.06. The van der Waals surface area contributed by atoms with Gasteiger partial charge in [-0.05, 0) is 42.7 Å². The number of benzene rings is 1. The van der Waals surface area contributed by atoms with Crippen LogP contribution in [-0.2, 0) is 27.4 Å². The van der Waals surface area contributed by atoms with Crippen molar-refractivity contribution in [2.45, 2.75) is 39.0 Å². The third-order valence-corrected chi connectivity index (χ3v) is 5.97. The predicted molar refractivity (Wildman–Crippen MR) is 121 cm³/mol. The van der Waals surface area contributed by atoms with Crippen LogP contribution in [0, 0.1) is 5.41 Å². The van der Waals surface area contributed by atoms with Crippen LogP contribution in [0.5, 0.6) is 11.5 Å². The molecule has 1 aromatic heterocycles. The van der Waals surface area contributed by atoms with Crippen LogP contribution in [0.4, 0.5) is 0 Å². The van der Waals surface area contributed by atoms with E-state index in [1.807, 2.05) is 18.2 Å². The molecule has 1 amide bonds. The molecule has 0 aliphatic carbocycles. The van der Waals surface area contributed by atoms with Crippen LogP contribution in [0.1, 0.15) is 41.6 Å². The smallest absolute Gasteiger partial charge is 0.289 e. The normalized spacial score (nSPS) is 19.2. The maximum absolute atomic E-state index is 13.3. The Balaban J connectivity index is 1.51. The van der Waals surface area contributed by atoms with Gasteiger partial charge in [0.25, 0.3) is 5.91 Å². The summed E-state index contributed by atoms with van der Waals surface area (Å²) in [6, 6.07) is 9.24. The minimum absolute atomic E-state index is 0.0159. The van der Waals surface area contributed by atoms with Gasteiger partial charge in [-0.1, -0.05) is 13.0 Å². The Morgan fingerprint density at radius 1 is 1.18 bits per heavy atom. The summed E-state index contributed by atoms with van der Waals surface area (Å²) in [7, 11) is 3.22. The Labute approximate surface area is 194 Å². The Kier molecular flexibility index (Phi) is 7.57. The molecular weight excluding hydrogens is 426 g/mol. The van der Waals surface area contributed by atoms with E-state index in [1.54, 1.807) is 31.3 Å². The molecule has 2 aliphatic heterocycles. The molecule has 2 aromatic rings. The first-order valence-electron chi connectivity index (χ1n) is 11.4. The fourth-order valence-corrected chi connectivity index (χ4v) is 4.06. The molecule has 0 spiro atoms. The van der Waals surface area contributed by atoms with Crippen LogP contribution in [0.25, 0.3) is 0 Å². The molecule has 8 heteroatoms. The molecule has 2 fully saturated rings. The highest BCUT2D eigenvalue weighted by atomic mass is 16.5. The van der Waals surface area contributed by atoms with Crippen LogP contribution >= 0.6 is 0 Å². The number of methoxy groups -OCH3 is 2. The zero-order valence-corrected chi connectivity index (χ0v) is 19.6. The summed E-state index contributed by atoms with van der Waals surface area (Å²) in [6.07, 6.45) is 1.97. The monoisotopic (exact) mass is 459 g/mol. The van der Waals surface area contributed by atoms with Crippen LogP contribution in [-0.4, -0.2) is 64.1 Å². The highest BCUT2D eigenvalue weighted by Gasteiger charge is 2.34. The summed E-state index contributed by atoms with van der Waals surface area (Å²) >= 11 is 0. The Morgan fingerprint density at radius 2 is 2.03 bits per heavy atom. The molecule has 2 saturated heterocycles. The van der Waals surface area contributed by atoms with Crippen LogP contribution < -0.4 is 9.47 Å². The van der Waals surface area contributed by atoms with Crippen molar-refractivity contribution < 1.29 is 32.9 Å². The molecular formula is C25H33NO7. The maximum Gasteiger partial charge on any atom is 0.289 e. The molecule has 0 N–H and O–H groups in total. The van der Waals surface area contributed by atoms with Gasteiger partial charge in [-0.25, -0.2) is 0 Å². The van der Waals surface area contributed by atoms with Gasteiger partial charge in [-0.2, -0.15) is 0 Å². The van der Waals surface area contributed by atoms with Crippen molar-refractivity contribution in [3.05, 3.63) is 47.4 Å². The fourth-order valence-electron chi connectivity index (χ4n) is 4.06. The van der Waals surface area contributed by atoms with Gasteiger partial charge in [-0.3, -0.25) is 4.79 Å². The molecule has 180 valence electrons. The summed E-state index contributed by atoms with van der Waals surface area (Å²) < 4.78 is 33.5. The average molecular weight is 460 g/mol. The molecule has 0 saturated carbocycles. The summed E-state index contributed by atoms with van der Waals surface area (Å²) in [4.78, 5) is 15.1. The lowest BCUT2D eigenvalue weighted by atomic mass is 9.90. The van der Waals surface area contributed by atoms with Crippen molar-refractivity contribution in [1.29, 1.82) is 0 Å². The summed E-state index contributed by atoms with van der Waals surface area (Å²) in [5.41, 5.74) is 0.956. The van der Waals surface area contributed by atoms with E-state index in [-0.39, 0.29) is 17.4 Å². The van der Waals surface area contributed by atoms with Crippen molar-refractivity contribution in [3.8, 4) is 11.5 Å². The van der Waals surface area contributed by atoms with Crippen LogP contribution in [0.15, 0.2) is 34.7 Å². The Morgan fingerprint density at radius 3 is 2.70 bits per heavy atom. The third-order valence-electron chi connectivity index (χ3n) is 5.97. The number of ether oxygens (including phenoxy) is 5. The number of amides is 1. The van der Waals surface area contributed by atoms with Gasteiger partial charge in [0.15, 0.2) is 17.3 Å². The molecule has 1 aromatic carbocycles. The fraction of sp³-hybridized carbons (Fsp3) is 0.560. The minimum Gasteiger partial charge on any atom is -0.493 e. The standard InChI is InChI=1S/C25H33NO7/c1-25(15-30-16-25)17-32-23-11-18(6-8-21(23)29-3)12-26(13-19-5-4-10-31-19)24(27)22-9-7-20(33-22)14-28-2/h6-9,11,19H,4-5,10,12-17H2,1-3H3/t19-/m0/s1. The van der Waals surface area contributed by atoms with Gasteiger partial charge in [0.05, 0.1) is 33.0 Å². The van der Waals surface area contributed by atoms with Gasteiger partial charge in [0.2, 0.25) is 0 Å². The first kappa shape index (κ1) is 23.6. The predicted octanol–water partition coefficient (Wildman–Crippen LogP) is 3.67. The average Bonchev–Trinajstić information content (AvgIpc) is 3.48. The number of hydrogen-bond donors (Lipinski definition) is 0. The first-order valence-corrected chi connectivity index (χ1v) is 11.4. The number of carbonyl (C=O) groups excluding carboxylic acids is 1. The zero-order chi connectivity index (χ0) is 23.3. The molecule has 4 rings (SSSR count). The van der Waals surface area contributed by atoms with Crippen molar-refractivity contribution >= 4 is 5.91 Å². The molecule has 0 radical (unpaired) electrons. The second kappa shape index (κ2) is 10.6. The van der Waals surface area contributed by atoms with Crippen molar-refractivity contribution in [2.24, 2.45) is 5.41 Å². The molecule has 1 atom stereocenters. The van der Waals surface area contributed by atoms with Gasteiger partial charge in [-0.15, -0.1) is 0 Å². The van der Waals surface area contributed by atoms with Gasteiger partial charge in [0, 0.05) is 32.2 Å². The van der Waals surface area contributed by atoms with Crippen LogP contribution in [0.2, 0.25) is 0 Å². The van der Waals surface area contributed by atoms with Crippen molar-refractivity contribution in [1.82, 2.24) is 4.90 Å². The first-order chi connectivity index (χ1) is 16.0.